The van der Waals surface area contributed by atoms with E-state index in [2.05, 4.69) is 36.1 Å². The summed E-state index contributed by atoms with van der Waals surface area (Å²) in [6, 6.07) is 2.06. The second-order valence-electron chi connectivity index (χ2n) is 11.1. The van der Waals surface area contributed by atoms with Gasteiger partial charge in [-0.1, -0.05) is 0 Å². The summed E-state index contributed by atoms with van der Waals surface area (Å²) in [5.41, 5.74) is 0.132. The molecule has 1 aliphatic heterocycles. The quantitative estimate of drug-likeness (QED) is 0.256. The van der Waals surface area contributed by atoms with Crippen LogP contribution in [0.15, 0.2) is 24.7 Å². The lowest BCUT2D eigenvalue weighted by Crippen LogP contribution is -2.52. The van der Waals surface area contributed by atoms with E-state index in [0.717, 1.165) is 37.8 Å². The van der Waals surface area contributed by atoms with Gasteiger partial charge in [-0.15, -0.1) is 0 Å². The van der Waals surface area contributed by atoms with E-state index in [9.17, 15) is 9.59 Å². The lowest BCUT2D eigenvalue weighted by atomic mass is 9.98. The van der Waals surface area contributed by atoms with Gasteiger partial charge in [0.15, 0.2) is 5.82 Å². The summed E-state index contributed by atoms with van der Waals surface area (Å²) in [6.07, 6.45) is 10.0. The van der Waals surface area contributed by atoms with Crippen molar-refractivity contribution in [2.24, 2.45) is 0 Å². The van der Waals surface area contributed by atoms with Crippen LogP contribution in [0, 0.1) is 0 Å². The number of amides is 2. The number of hydrogen-bond acceptors (Lipinski definition) is 11. The number of rotatable bonds is 12. The Balaban J connectivity index is 1.38. The molecule has 2 amide bonds. The van der Waals surface area contributed by atoms with Gasteiger partial charge in [-0.2, -0.15) is 20.1 Å². The Bertz CT molecular complexity index is 1360. The normalized spacial score (nSPS) is 19.1. The van der Waals surface area contributed by atoms with Crippen LogP contribution in [0.25, 0.3) is 0 Å². The zero-order valence-electron chi connectivity index (χ0n) is 24.0. The molecule has 4 N–H and O–H groups in total. The van der Waals surface area contributed by atoms with E-state index in [0.29, 0.717) is 54.9 Å². The Morgan fingerprint density at radius 1 is 1.24 bits per heavy atom. The highest BCUT2D eigenvalue weighted by Crippen LogP contribution is 2.40. The SMILES string of the molecule is CC(=O)N[C@H](C)CCCN(C)c1nc(Nc2cc(C3CC3)n[nH]2)nc(N2CCC[C@@]2(C)C(=O)Nc2cnccn2)n1. The number of aromatic nitrogens is 7. The third-order valence-electron chi connectivity index (χ3n) is 7.55. The molecule has 1 saturated carbocycles. The molecule has 1 saturated heterocycles. The minimum atomic E-state index is -0.896. The monoisotopic (exact) mass is 562 g/mol. The molecule has 0 bridgehead atoms. The maximum atomic E-state index is 13.5. The second kappa shape index (κ2) is 12.0. The van der Waals surface area contributed by atoms with Gasteiger partial charge in [0.1, 0.15) is 11.4 Å². The van der Waals surface area contributed by atoms with Crippen LogP contribution in [0.4, 0.5) is 29.5 Å². The molecule has 0 aromatic carbocycles. The highest BCUT2D eigenvalue weighted by molar-refractivity contribution is 5.99. The van der Waals surface area contributed by atoms with Gasteiger partial charge in [-0.3, -0.25) is 19.7 Å². The first kappa shape index (κ1) is 28.2. The molecule has 0 spiro atoms. The fraction of sp³-hybridized carbons (Fsp3) is 0.556. The molecule has 5 rings (SSSR count). The van der Waals surface area contributed by atoms with Crippen molar-refractivity contribution in [3.63, 3.8) is 0 Å². The summed E-state index contributed by atoms with van der Waals surface area (Å²) in [5, 5.41) is 16.5. The predicted molar refractivity (Wildman–Crippen MR) is 155 cm³/mol. The molecule has 1 aliphatic carbocycles. The van der Waals surface area contributed by atoms with Crippen molar-refractivity contribution in [2.45, 2.75) is 76.8 Å². The standard InChI is InChI=1S/C27H38N12O2/c1-17(30-18(2)40)7-5-13-38(4)25-33-24(32-21-15-20(36-37-21)19-8-9-19)34-26(35-25)39-14-6-10-27(39,3)23(41)31-22-16-28-11-12-29-22/h11-12,15-17,19H,5-10,13-14H2,1-4H3,(H,30,40)(H,29,31,41)(H2,32,33,34,35,36,37)/t17-,27+/m1/s1. The van der Waals surface area contributed by atoms with Crippen LogP contribution < -0.4 is 25.8 Å². The van der Waals surface area contributed by atoms with E-state index >= 15 is 0 Å². The predicted octanol–water partition coefficient (Wildman–Crippen LogP) is 2.74. The van der Waals surface area contributed by atoms with Crippen molar-refractivity contribution in [1.82, 2.24) is 40.4 Å². The van der Waals surface area contributed by atoms with E-state index in [1.54, 1.807) is 6.20 Å². The van der Waals surface area contributed by atoms with E-state index in [1.807, 2.05) is 36.8 Å². The summed E-state index contributed by atoms with van der Waals surface area (Å²) >= 11 is 0. The topological polar surface area (TPSA) is 170 Å². The molecule has 2 fully saturated rings. The number of hydrogen-bond donors (Lipinski definition) is 4. The Morgan fingerprint density at radius 3 is 2.80 bits per heavy atom. The summed E-state index contributed by atoms with van der Waals surface area (Å²) in [7, 11) is 1.93. The molecule has 3 aromatic rings. The number of nitrogens with one attached hydrogen (secondary N) is 4. The van der Waals surface area contributed by atoms with Crippen LogP contribution in [0.2, 0.25) is 0 Å². The van der Waals surface area contributed by atoms with E-state index in [1.165, 1.54) is 19.3 Å². The minimum Gasteiger partial charge on any atom is -0.354 e. The molecule has 14 nitrogen and oxygen atoms in total. The summed E-state index contributed by atoms with van der Waals surface area (Å²) in [5.74, 6) is 2.62. The molecule has 2 atom stereocenters. The molecule has 0 radical (unpaired) electrons. The van der Waals surface area contributed by atoms with Crippen molar-refractivity contribution >= 4 is 41.3 Å². The maximum absolute atomic E-state index is 13.5. The van der Waals surface area contributed by atoms with Crippen molar-refractivity contribution < 1.29 is 9.59 Å². The molecular formula is C27H38N12O2. The zero-order valence-corrected chi connectivity index (χ0v) is 24.0. The highest BCUT2D eigenvalue weighted by atomic mass is 16.2. The van der Waals surface area contributed by atoms with Crippen LogP contribution in [0.1, 0.15) is 70.9 Å². The summed E-state index contributed by atoms with van der Waals surface area (Å²) < 4.78 is 0. The molecule has 41 heavy (non-hydrogen) atoms. The van der Waals surface area contributed by atoms with Crippen LogP contribution in [0.5, 0.6) is 0 Å². The van der Waals surface area contributed by atoms with Crippen LogP contribution in [-0.4, -0.2) is 78.6 Å². The van der Waals surface area contributed by atoms with Gasteiger partial charge in [0.2, 0.25) is 23.8 Å². The number of carbonyl (C=O) groups is 2. The molecule has 218 valence electrons. The van der Waals surface area contributed by atoms with Gasteiger partial charge in [-0.25, -0.2) is 4.98 Å². The van der Waals surface area contributed by atoms with E-state index in [4.69, 9.17) is 15.0 Å². The Kier molecular flexibility index (Phi) is 8.26. The second-order valence-corrected chi connectivity index (χ2v) is 11.1. The molecule has 3 aromatic heterocycles. The summed E-state index contributed by atoms with van der Waals surface area (Å²) in [4.78, 5) is 51.3. The van der Waals surface area contributed by atoms with Crippen molar-refractivity contribution in [3.05, 3.63) is 30.4 Å². The van der Waals surface area contributed by atoms with Gasteiger partial charge in [0, 0.05) is 57.5 Å². The third-order valence-corrected chi connectivity index (χ3v) is 7.55. The zero-order chi connectivity index (χ0) is 29.0. The first-order chi connectivity index (χ1) is 19.7. The van der Waals surface area contributed by atoms with Gasteiger partial charge in [0.25, 0.3) is 5.91 Å². The molecule has 14 heteroatoms. The number of aromatic amines is 1. The Hall–Kier alpha value is -4.36. The molecule has 4 heterocycles. The number of carbonyl (C=O) groups excluding carboxylic acids is 2. The molecule has 2 aliphatic rings. The number of nitrogens with zero attached hydrogens (tertiary/aromatic N) is 8. The fourth-order valence-corrected chi connectivity index (χ4v) is 5.10. The fourth-order valence-electron chi connectivity index (χ4n) is 5.10. The van der Waals surface area contributed by atoms with Crippen molar-refractivity contribution in [1.29, 1.82) is 0 Å². The highest BCUT2D eigenvalue weighted by Gasteiger charge is 2.45. The molecular weight excluding hydrogens is 524 g/mol. The lowest BCUT2D eigenvalue weighted by Gasteiger charge is -2.34. The van der Waals surface area contributed by atoms with Gasteiger partial charge >= 0.3 is 0 Å². The van der Waals surface area contributed by atoms with Crippen molar-refractivity contribution in [2.75, 3.05) is 40.6 Å². The van der Waals surface area contributed by atoms with Gasteiger partial charge in [-0.05, 0) is 52.4 Å². The van der Waals surface area contributed by atoms with Crippen LogP contribution >= 0.6 is 0 Å². The minimum absolute atomic E-state index is 0.0377. The third kappa shape index (κ3) is 6.87. The van der Waals surface area contributed by atoms with E-state index < -0.39 is 5.54 Å². The van der Waals surface area contributed by atoms with Gasteiger partial charge in [0.05, 0.1) is 11.9 Å². The smallest absolute Gasteiger partial charge is 0.251 e. The van der Waals surface area contributed by atoms with Crippen molar-refractivity contribution in [3.8, 4) is 0 Å². The maximum Gasteiger partial charge on any atom is 0.251 e. The number of H-pyrrole nitrogens is 1. The Labute approximate surface area is 239 Å². The average molecular weight is 563 g/mol. The summed E-state index contributed by atoms with van der Waals surface area (Å²) in [6.45, 7) is 6.70. The van der Waals surface area contributed by atoms with E-state index in [-0.39, 0.29) is 17.9 Å². The molecule has 0 unspecified atom stereocenters. The lowest BCUT2D eigenvalue weighted by molar-refractivity contribution is -0.120. The largest absolute Gasteiger partial charge is 0.354 e. The van der Waals surface area contributed by atoms with Crippen LogP contribution in [-0.2, 0) is 9.59 Å². The average Bonchev–Trinajstić information content (AvgIpc) is 3.55. The van der Waals surface area contributed by atoms with Gasteiger partial charge < -0.3 is 25.8 Å². The Morgan fingerprint density at radius 2 is 2.07 bits per heavy atom. The number of anilines is 5. The first-order valence-corrected chi connectivity index (χ1v) is 14.1. The first-order valence-electron chi connectivity index (χ1n) is 14.1. The van der Waals surface area contributed by atoms with Crippen LogP contribution in [0.3, 0.4) is 0 Å².